The molecule has 2 aliphatic heterocycles. The van der Waals surface area contributed by atoms with Crippen molar-refractivity contribution in [2.45, 2.75) is 29.6 Å². The van der Waals surface area contributed by atoms with Gasteiger partial charge in [-0.1, -0.05) is 60.7 Å². The summed E-state index contributed by atoms with van der Waals surface area (Å²) in [6, 6.07) is 18.5. The molecule has 2 heterocycles. The third kappa shape index (κ3) is 6.19. The number of rotatable bonds is 3. The maximum Gasteiger partial charge on any atom is 0.419 e. The average Bonchev–Trinajstić information content (AvgIpc) is 2.73. The van der Waals surface area contributed by atoms with Crippen LogP contribution >= 0.6 is 11.6 Å². The van der Waals surface area contributed by atoms with Crippen LogP contribution in [0.2, 0.25) is 0 Å². The van der Waals surface area contributed by atoms with E-state index in [-0.39, 0.29) is 19.1 Å². The maximum absolute atomic E-state index is 12.8. The summed E-state index contributed by atoms with van der Waals surface area (Å²) >= 11 is 4.64. The molecular weight excluding hydrogens is 474 g/mol. The molecular formula is C22H25ClF6N2O2. The molecule has 0 amide bonds. The highest BCUT2D eigenvalue weighted by Gasteiger charge is 2.62. The van der Waals surface area contributed by atoms with Crippen LogP contribution in [0.3, 0.4) is 0 Å². The molecule has 2 aromatic rings. The monoisotopic (exact) mass is 498 g/mol. The molecule has 2 aromatic carbocycles. The third-order valence-electron chi connectivity index (χ3n) is 5.42. The fraction of sp³-hybridized carbons (Fsp3) is 0.455. The van der Waals surface area contributed by atoms with Gasteiger partial charge in [0.25, 0.3) is 0 Å². The minimum absolute atomic E-state index is 0.287. The topological polar surface area (TPSA) is 55.7 Å². The van der Waals surface area contributed by atoms with Crippen molar-refractivity contribution >= 4 is 11.6 Å². The second kappa shape index (κ2) is 10.6. The molecule has 0 aliphatic carbocycles. The smallest absolute Gasteiger partial charge is 0.378 e. The first-order valence-electron chi connectivity index (χ1n) is 9.87. The highest BCUT2D eigenvalue weighted by Crippen LogP contribution is 2.43. The zero-order valence-electron chi connectivity index (χ0n) is 17.7. The van der Waals surface area contributed by atoms with Crippen LogP contribution in [0.5, 0.6) is 0 Å². The lowest BCUT2D eigenvalue weighted by molar-refractivity contribution is -0.304. The van der Waals surface area contributed by atoms with Crippen LogP contribution in [0.1, 0.15) is 17.2 Å². The Labute approximate surface area is 192 Å². The van der Waals surface area contributed by atoms with Crippen molar-refractivity contribution in [3.63, 3.8) is 0 Å². The normalized spacial score (nSPS) is 19.2. The highest BCUT2D eigenvalue weighted by atomic mass is 35.5. The van der Waals surface area contributed by atoms with Gasteiger partial charge in [-0.15, -0.1) is 11.6 Å². The Morgan fingerprint density at radius 3 is 1.36 bits per heavy atom. The summed E-state index contributed by atoms with van der Waals surface area (Å²) in [6.07, 6.45) is -7.60. The van der Waals surface area contributed by atoms with Gasteiger partial charge in [-0.25, -0.2) is 0 Å². The maximum atomic E-state index is 12.8. The standard InChI is InChI=1S/C17H16F3NO.C4H6F3NO.CH3Cl/c18-17(19,20)16(22)11-21(12-16)15(13-7-3-1-4-8-13)14-9-5-2-6-10-14;5-4(6,7)3(9)1-8-2-3;1-2/h1-10,15,22H,11-12H2;8-9H,1-2H2;1H3. The van der Waals surface area contributed by atoms with Crippen molar-refractivity contribution in [1.29, 1.82) is 0 Å². The number of alkyl halides is 7. The largest absolute Gasteiger partial charge is 0.419 e. The van der Waals surface area contributed by atoms with Gasteiger partial charge in [-0.05, 0) is 11.1 Å². The van der Waals surface area contributed by atoms with Gasteiger partial charge in [0.15, 0.2) is 11.2 Å². The predicted molar refractivity (Wildman–Crippen MR) is 113 cm³/mol. The molecule has 0 atom stereocenters. The molecule has 0 unspecified atom stereocenters. The number of nitrogens with zero attached hydrogens (tertiary/aromatic N) is 1. The third-order valence-corrected chi connectivity index (χ3v) is 5.42. The Hall–Kier alpha value is -1.85. The summed E-state index contributed by atoms with van der Waals surface area (Å²) in [7, 11) is 0. The molecule has 2 aliphatic rings. The Bertz CT molecular complexity index is 815. The van der Waals surface area contributed by atoms with Crippen LogP contribution in [0.4, 0.5) is 26.3 Å². The molecule has 11 heteroatoms. The van der Waals surface area contributed by atoms with Gasteiger partial charge in [0.2, 0.25) is 0 Å². The van der Waals surface area contributed by atoms with Crippen LogP contribution in [-0.4, -0.2) is 71.2 Å². The van der Waals surface area contributed by atoms with Crippen LogP contribution in [0, 0.1) is 0 Å². The lowest BCUT2D eigenvalue weighted by atomic mass is 9.87. The summed E-state index contributed by atoms with van der Waals surface area (Å²) in [5.41, 5.74) is -3.22. The van der Waals surface area contributed by atoms with Crippen LogP contribution in [0.15, 0.2) is 60.7 Å². The fourth-order valence-corrected chi connectivity index (χ4v) is 3.43. The number of hydrogen-bond donors (Lipinski definition) is 3. The van der Waals surface area contributed by atoms with E-state index in [4.69, 9.17) is 5.11 Å². The summed E-state index contributed by atoms with van der Waals surface area (Å²) in [6.45, 7) is -1.58. The van der Waals surface area contributed by atoms with E-state index in [1.807, 2.05) is 60.7 Å². The SMILES string of the molecule is CCl.OC1(C(F)(F)F)CN(C(c2ccccc2)c2ccccc2)C1.OC1(C(F)(F)F)CNC1. The Morgan fingerprint density at radius 2 is 1.12 bits per heavy atom. The molecule has 2 saturated heterocycles. The number of likely N-dealkylation sites (tertiary alicyclic amines) is 1. The molecule has 0 aromatic heterocycles. The number of hydrogen-bond acceptors (Lipinski definition) is 4. The van der Waals surface area contributed by atoms with Gasteiger partial charge in [-0.2, -0.15) is 26.3 Å². The zero-order valence-corrected chi connectivity index (χ0v) is 18.4. The van der Waals surface area contributed by atoms with E-state index < -0.39 is 36.6 Å². The molecule has 0 radical (unpaired) electrons. The first-order valence-corrected chi connectivity index (χ1v) is 10.6. The number of benzene rings is 2. The Morgan fingerprint density at radius 1 is 0.758 bits per heavy atom. The molecule has 4 nitrogen and oxygen atoms in total. The first kappa shape index (κ1) is 27.4. The zero-order chi connectivity index (χ0) is 24.9. The van der Waals surface area contributed by atoms with Crippen molar-refractivity contribution in [1.82, 2.24) is 10.2 Å². The van der Waals surface area contributed by atoms with E-state index in [0.717, 1.165) is 11.1 Å². The number of β-amino-alcohol motifs (C(OH)–C–C–N with tert-alkyl or cyclic N) is 2. The van der Waals surface area contributed by atoms with E-state index in [1.54, 1.807) is 4.90 Å². The van der Waals surface area contributed by atoms with Gasteiger partial charge in [0.1, 0.15) is 0 Å². The second-order valence-electron chi connectivity index (χ2n) is 7.79. The number of aliphatic hydroxyl groups is 2. The van der Waals surface area contributed by atoms with E-state index in [0.29, 0.717) is 0 Å². The summed E-state index contributed by atoms with van der Waals surface area (Å²) in [5, 5.41) is 20.6. The van der Waals surface area contributed by atoms with Gasteiger partial charge < -0.3 is 15.5 Å². The van der Waals surface area contributed by atoms with Crippen molar-refractivity contribution in [3.05, 3.63) is 71.8 Å². The van der Waals surface area contributed by atoms with E-state index in [2.05, 4.69) is 16.9 Å². The summed E-state index contributed by atoms with van der Waals surface area (Å²) in [4.78, 5) is 1.65. The lowest BCUT2D eigenvalue weighted by Gasteiger charge is -2.50. The van der Waals surface area contributed by atoms with Crippen molar-refractivity contribution in [3.8, 4) is 0 Å². The minimum atomic E-state index is -4.60. The molecule has 3 N–H and O–H groups in total. The lowest BCUT2D eigenvalue weighted by Crippen LogP contribution is -2.69. The van der Waals surface area contributed by atoms with Gasteiger partial charge >= 0.3 is 12.4 Å². The second-order valence-corrected chi connectivity index (χ2v) is 7.79. The minimum Gasteiger partial charge on any atom is -0.378 e. The Balaban J connectivity index is 0.000000293. The predicted octanol–water partition coefficient (Wildman–Crippen LogP) is 4.12. The van der Waals surface area contributed by atoms with E-state index >= 15 is 0 Å². The van der Waals surface area contributed by atoms with E-state index in [9.17, 15) is 31.4 Å². The fourth-order valence-electron chi connectivity index (χ4n) is 3.43. The Kier molecular flexibility index (Phi) is 8.80. The molecule has 0 spiro atoms. The van der Waals surface area contributed by atoms with E-state index in [1.165, 1.54) is 6.38 Å². The average molecular weight is 499 g/mol. The number of halogens is 7. The van der Waals surface area contributed by atoms with Crippen molar-refractivity contribution in [2.75, 3.05) is 32.6 Å². The number of nitrogens with one attached hydrogen (secondary N) is 1. The molecule has 4 rings (SSSR count). The van der Waals surface area contributed by atoms with Gasteiger partial charge in [0.05, 0.1) is 6.04 Å². The molecule has 0 saturated carbocycles. The molecule has 33 heavy (non-hydrogen) atoms. The molecule has 0 bridgehead atoms. The van der Waals surface area contributed by atoms with Crippen LogP contribution in [-0.2, 0) is 0 Å². The van der Waals surface area contributed by atoms with Crippen LogP contribution < -0.4 is 5.32 Å². The molecule has 2 fully saturated rings. The van der Waals surface area contributed by atoms with Gasteiger partial charge in [0, 0.05) is 32.6 Å². The highest BCUT2D eigenvalue weighted by molar-refractivity contribution is 6.15. The summed E-state index contributed by atoms with van der Waals surface area (Å²) in [5.74, 6) is 0. The van der Waals surface area contributed by atoms with Crippen molar-refractivity contribution in [2.24, 2.45) is 0 Å². The van der Waals surface area contributed by atoms with Gasteiger partial charge in [-0.3, -0.25) is 4.90 Å². The quantitative estimate of drug-likeness (QED) is 0.440. The molecule has 184 valence electrons. The summed E-state index contributed by atoms with van der Waals surface area (Å²) < 4.78 is 73.3. The first-order chi connectivity index (χ1) is 15.4. The van der Waals surface area contributed by atoms with Crippen LogP contribution in [0.25, 0.3) is 0 Å². The van der Waals surface area contributed by atoms with Crippen molar-refractivity contribution < 1.29 is 36.6 Å².